The topological polar surface area (TPSA) is 47.6 Å². The number of ether oxygens (including phenoxy) is 2. The van der Waals surface area contributed by atoms with Gasteiger partial charge in [-0.1, -0.05) is 0 Å². The maximum Gasteiger partial charge on any atom is 0.405 e. The first-order valence-corrected chi connectivity index (χ1v) is 5.60. The van der Waals surface area contributed by atoms with Crippen LogP contribution in [-0.2, 0) is 4.79 Å². The van der Waals surface area contributed by atoms with Crippen molar-refractivity contribution in [3.05, 3.63) is 29.8 Å². The third-order valence-electron chi connectivity index (χ3n) is 2.26. The normalized spacial score (nSPS) is 11.4. The molecule has 1 aromatic rings. The lowest BCUT2D eigenvalue weighted by Crippen LogP contribution is -2.32. The summed E-state index contributed by atoms with van der Waals surface area (Å²) >= 11 is 0. The monoisotopic (exact) mass is 289 g/mol. The van der Waals surface area contributed by atoms with Gasteiger partial charge in [0.2, 0.25) is 5.91 Å². The quantitative estimate of drug-likeness (QED) is 0.847. The highest BCUT2D eigenvalue weighted by molar-refractivity contribution is 5.91. The molecule has 7 heteroatoms. The molecule has 0 aliphatic rings. The van der Waals surface area contributed by atoms with E-state index in [0.717, 1.165) is 6.08 Å². The van der Waals surface area contributed by atoms with Crippen molar-refractivity contribution in [1.29, 1.82) is 0 Å². The van der Waals surface area contributed by atoms with Crippen molar-refractivity contribution >= 4 is 12.0 Å². The van der Waals surface area contributed by atoms with Crippen LogP contribution >= 0.6 is 0 Å². The molecule has 0 unspecified atom stereocenters. The van der Waals surface area contributed by atoms with E-state index >= 15 is 0 Å². The lowest BCUT2D eigenvalue weighted by molar-refractivity contribution is -0.135. The summed E-state index contributed by atoms with van der Waals surface area (Å²) in [6.07, 6.45) is -2.04. The molecule has 0 heterocycles. The van der Waals surface area contributed by atoms with Crippen molar-refractivity contribution in [2.24, 2.45) is 0 Å². The third-order valence-corrected chi connectivity index (χ3v) is 2.26. The minimum atomic E-state index is -4.43. The molecule has 1 aromatic carbocycles. The molecule has 0 radical (unpaired) electrons. The number of benzene rings is 1. The first-order chi connectivity index (χ1) is 9.34. The number of amides is 1. The van der Waals surface area contributed by atoms with Crippen molar-refractivity contribution in [2.45, 2.75) is 6.18 Å². The highest BCUT2D eigenvalue weighted by atomic mass is 19.4. The Morgan fingerprint density at radius 1 is 1.20 bits per heavy atom. The predicted octanol–water partition coefficient (Wildman–Crippen LogP) is 2.40. The summed E-state index contributed by atoms with van der Waals surface area (Å²) in [4.78, 5) is 11.2. The smallest absolute Gasteiger partial charge is 0.405 e. The average Bonchev–Trinajstić information content (AvgIpc) is 2.41. The number of carbonyl (C=O) groups is 1. The van der Waals surface area contributed by atoms with Gasteiger partial charge in [-0.05, 0) is 23.8 Å². The summed E-state index contributed by atoms with van der Waals surface area (Å²) in [5.74, 6) is 0.198. The highest BCUT2D eigenvalue weighted by Crippen LogP contribution is 2.23. The number of hydrogen-bond acceptors (Lipinski definition) is 3. The molecule has 0 bridgehead atoms. The van der Waals surface area contributed by atoms with Gasteiger partial charge in [0.1, 0.15) is 18.0 Å². The van der Waals surface area contributed by atoms with Crippen LogP contribution in [0, 0.1) is 0 Å². The first kappa shape index (κ1) is 15.9. The fraction of sp³-hybridized carbons (Fsp3) is 0.308. The fourth-order valence-corrected chi connectivity index (χ4v) is 1.34. The molecule has 20 heavy (non-hydrogen) atoms. The second-order valence-electron chi connectivity index (χ2n) is 3.81. The third kappa shape index (κ3) is 5.64. The molecule has 0 spiro atoms. The van der Waals surface area contributed by atoms with Crippen LogP contribution in [0.4, 0.5) is 13.2 Å². The summed E-state index contributed by atoms with van der Waals surface area (Å²) in [6, 6.07) is 4.88. The number of carbonyl (C=O) groups excluding carboxylic acids is 1. The zero-order valence-corrected chi connectivity index (χ0v) is 11.0. The van der Waals surface area contributed by atoms with Gasteiger partial charge in [0.05, 0.1) is 14.2 Å². The summed E-state index contributed by atoms with van der Waals surface area (Å²) in [5, 5.41) is 1.74. The molecular weight excluding hydrogens is 275 g/mol. The number of methoxy groups -OCH3 is 2. The Hall–Kier alpha value is -2.18. The van der Waals surface area contributed by atoms with E-state index in [-0.39, 0.29) is 0 Å². The minimum Gasteiger partial charge on any atom is -0.497 e. The van der Waals surface area contributed by atoms with Gasteiger partial charge in [0, 0.05) is 12.1 Å². The van der Waals surface area contributed by atoms with Crippen LogP contribution < -0.4 is 14.8 Å². The van der Waals surface area contributed by atoms with Crippen molar-refractivity contribution in [1.82, 2.24) is 5.32 Å². The van der Waals surface area contributed by atoms with E-state index < -0.39 is 18.6 Å². The SMILES string of the molecule is COc1cc(/C=C/C(=O)NCC(F)(F)F)cc(OC)c1. The van der Waals surface area contributed by atoms with Crippen molar-refractivity contribution in [2.75, 3.05) is 20.8 Å². The second kappa shape index (κ2) is 6.83. The Kier molecular flexibility index (Phi) is 5.42. The number of alkyl halides is 3. The van der Waals surface area contributed by atoms with Gasteiger partial charge in [0.15, 0.2) is 0 Å². The van der Waals surface area contributed by atoms with Gasteiger partial charge >= 0.3 is 6.18 Å². The van der Waals surface area contributed by atoms with Gasteiger partial charge in [-0.3, -0.25) is 4.79 Å². The predicted molar refractivity (Wildman–Crippen MR) is 67.6 cm³/mol. The number of rotatable bonds is 5. The van der Waals surface area contributed by atoms with Crippen molar-refractivity contribution in [3.8, 4) is 11.5 Å². The Bertz CT molecular complexity index is 476. The largest absolute Gasteiger partial charge is 0.497 e. The number of halogens is 3. The van der Waals surface area contributed by atoms with Gasteiger partial charge in [-0.15, -0.1) is 0 Å². The molecular formula is C13H14F3NO3. The van der Waals surface area contributed by atoms with E-state index in [1.807, 2.05) is 0 Å². The van der Waals surface area contributed by atoms with Gasteiger partial charge in [-0.2, -0.15) is 13.2 Å². The zero-order chi connectivity index (χ0) is 15.2. The molecule has 1 rings (SSSR count). The van der Waals surface area contributed by atoms with Crippen LogP contribution in [0.3, 0.4) is 0 Å². The molecule has 110 valence electrons. The lowest BCUT2D eigenvalue weighted by atomic mass is 10.2. The molecule has 4 nitrogen and oxygen atoms in total. The Morgan fingerprint density at radius 2 is 1.75 bits per heavy atom. The summed E-state index contributed by atoms with van der Waals surface area (Å²) in [7, 11) is 2.94. The van der Waals surface area contributed by atoms with Gasteiger partial charge in [0.25, 0.3) is 0 Å². The Morgan fingerprint density at radius 3 is 2.20 bits per heavy atom. The van der Waals surface area contributed by atoms with E-state index in [4.69, 9.17) is 9.47 Å². The molecule has 0 aliphatic carbocycles. The fourth-order valence-electron chi connectivity index (χ4n) is 1.34. The summed E-state index contributed by atoms with van der Waals surface area (Å²) in [6.45, 7) is -1.36. The molecule has 0 saturated heterocycles. The Balaban J connectivity index is 2.72. The second-order valence-corrected chi connectivity index (χ2v) is 3.81. The van der Waals surface area contributed by atoms with Crippen molar-refractivity contribution < 1.29 is 27.4 Å². The van der Waals surface area contributed by atoms with Crippen LogP contribution in [0.2, 0.25) is 0 Å². The van der Waals surface area contributed by atoms with E-state index in [0.29, 0.717) is 17.1 Å². The molecule has 0 atom stereocenters. The van der Waals surface area contributed by atoms with Crippen LogP contribution in [-0.4, -0.2) is 32.8 Å². The average molecular weight is 289 g/mol. The highest BCUT2D eigenvalue weighted by Gasteiger charge is 2.27. The summed E-state index contributed by atoms with van der Waals surface area (Å²) < 4.78 is 45.8. The van der Waals surface area contributed by atoms with E-state index in [1.54, 1.807) is 23.5 Å². The first-order valence-electron chi connectivity index (χ1n) is 5.60. The van der Waals surface area contributed by atoms with Crippen LogP contribution in [0.15, 0.2) is 24.3 Å². The van der Waals surface area contributed by atoms with Crippen LogP contribution in [0.1, 0.15) is 5.56 Å². The zero-order valence-electron chi connectivity index (χ0n) is 11.0. The van der Waals surface area contributed by atoms with Gasteiger partial charge < -0.3 is 14.8 Å². The molecule has 0 fully saturated rings. The number of hydrogen-bond donors (Lipinski definition) is 1. The Labute approximate surface area is 114 Å². The molecule has 1 amide bonds. The van der Waals surface area contributed by atoms with Crippen molar-refractivity contribution in [3.63, 3.8) is 0 Å². The maximum absolute atomic E-state index is 11.9. The van der Waals surface area contributed by atoms with Crippen LogP contribution in [0.25, 0.3) is 6.08 Å². The molecule has 1 N–H and O–H groups in total. The number of nitrogens with one attached hydrogen (secondary N) is 1. The maximum atomic E-state index is 11.9. The van der Waals surface area contributed by atoms with E-state index in [2.05, 4.69) is 0 Å². The van der Waals surface area contributed by atoms with E-state index in [1.165, 1.54) is 20.3 Å². The molecule has 0 aromatic heterocycles. The standard InChI is InChI=1S/C13H14F3NO3/c1-19-10-5-9(6-11(7-10)20-2)3-4-12(18)17-8-13(14,15)16/h3-7H,8H2,1-2H3,(H,17,18)/b4-3+. The van der Waals surface area contributed by atoms with Crippen LogP contribution in [0.5, 0.6) is 11.5 Å². The summed E-state index contributed by atoms with van der Waals surface area (Å²) in [5.41, 5.74) is 0.573. The van der Waals surface area contributed by atoms with E-state index in [9.17, 15) is 18.0 Å². The lowest BCUT2D eigenvalue weighted by Gasteiger charge is -2.07. The van der Waals surface area contributed by atoms with Gasteiger partial charge in [-0.25, -0.2) is 0 Å². The molecule has 0 saturated carbocycles. The minimum absolute atomic E-state index is 0.514. The molecule has 0 aliphatic heterocycles.